The van der Waals surface area contributed by atoms with E-state index in [1.165, 1.54) is 225 Å². The van der Waals surface area contributed by atoms with Gasteiger partial charge in [-0.1, -0.05) is 312 Å². The van der Waals surface area contributed by atoms with Crippen LogP contribution in [-0.4, -0.2) is 140 Å². The van der Waals surface area contributed by atoms with Gasteiger partial charge in [0.2, 0.25) is 5.91 Å². The number of aliphatic hydroxyl groups excluding tert-OH is 8. The number of ether oxygens (including phenoxy) is 4. The molecule has 2 fully saturated rings. The number of amides is 1. The van der Waals surface area contributed by atoms with E-state index in [2.05, 4.69) is 67.8 Å². The van der Waals surface area contributed by atoms with Gasteiger partial charge in [-0.25, -0.2) is 0 Å². The van der Waals surface area contributed by atoms with Crippen molar-refractivity contribution < 1.29 is 64.6 Å². The predicted octanol–water partition coefficient (Wildman–Crippen LogP) is 15.6. The first kappa shape index (κ1) is 82.8. The lowest BCUT2D eigenvalue weighted by molar-refractivity contribution is -0.359. The molecule has 520 valence electrons. The van der Waals surface area contributed by atoms with E-state index in [1.54, 1.807) is 6.08 Å². The largest absolute Gasteiger partial charge is 0.394 e. The van der Waals surface area contributed by atoms with Crippen LogP contribution in [0.25, 0.3) is 0 Å². The second-order valence-corrected chi connectivity index (χ2v) is 26.0. The molecule has 2 saturated heterocycles. The van der Waals surface area contributed by atoms with Crippen LogP contribution >= 0.6 is 0 Å². The van der Waals surface area contributed by atoms with Gasteiger partial charge in [0.05, 0.1) is 32.0 Å². The molecule has 2 aliphatic rings. The van der Waals surface area contributed by atoms with Gasteiger partial charge in [-0.15, -0.1) is 0 Å². The first-order valence-electron chi connectivity index (χ1n) is 37.0. The summed E-state index contributed by atoms with van der Waals surface area (Å²) in [5.74, 6) is -0.237. The fraction of sp³-hybridized carbons (Fsp3) is 0.853. The second kappa shape index (κ2) is 59.4. The molecule has 14 heteroatoms. The summed E-state index contributed by atoms with van der Waals surface area (Å²) in [6.45, 7) is 2.73. The minimum atomic E-state index is -1.79. The van der Waals surface area contributed by atoms with Crippen LogP contribution in [0.3, 0.4) is 0 Å². The third-order valence-corrected chi connectivity index (χ3v) is 18.0. The Hall–Kier alpha value is -2.31. The lowest BCUT2D eigenvalue weighted by atomic mass is 9.97. The van der Waals surface area contributed by atoms with E-state index in [-0.39, 0.29) is 18.9 Å². The number of rotatable bonds is 61. The molecule has 0 radical (unpaired) electrons. The van der Waals surface area contributed by atoms with Gasteiger partial charge in [0.25, 0.3) is 0 Å². The molecule has 9 N–H and O–H groups in total. The van der Waals surface area contributed by atoms with Gasteiger partial charge in [0, 0.05) is 6.42 Å². The molecule has 0 bridgehead atoms. The molecular formula is C75H137NO13. The molecule has 0 aliphatic carbocycles. The molecule has 0 spiro atoms. The van der Waals surface area contributed by atoms with Crippen LogP contribution in [0.4, 0.5) is 0 Å². The van der Waals surface area contributed by atoms with Gasteiger partial charge in [0.15, 0.2) is 12.6 Å². The Bertz CT molecular complexity index is 1720. The van der Waals surface area contributed by atoms with Gasteiger partial charge in [-0.05, 0) is 57.8 Å². The third kappa shape index (κ3) is 43.3. The molecule has 2 rings (SSSR count). The van der Waals surface area contributed by atoms with Crippen LogP contribution in [0.2, 0.25) is 0 Å². The summed E-state index contributed by atoms with van der Waals surface area (Å²) in [5.41, 5.74) is 0. The van der Waals surface area contributed by atoms with Gasteiger partial charge in [0.1, 0.15) is 48.8 Å². The minimum absolute atomic E-state index is 0.237. The van der Waals surface area contributed by atoms with E-state index in [4.69, 9.17) is 18.9 Å². The van der Waals surface area contributed by atoms with Crippen molar-refractivity contribution in [3.05, 3.63) is 60.8 Å². The highest BCUT2D eigenvalue weighted by molar-refractivity contribution is 5.76. The summed E-state index contributed by atoms with van der Waals surface area (Å²) in [4.78, 5) is 13.4. The summed E-state index contributed by atoms with van der Waals surface area (Å²) in [7, 11) is 0. The lowest BCUT2D eigenvalue weighted by Crippen LogP contribution is -2.65. The SMILES string of the molecule is CC/C=C\C/C=C\C/C=C\C/C=C\CCCCCCCCCCCCCCCCC(=O)NC(COC1OC(CO)C(OC2OC(CO)C(O)C(O)C2O)C(O)C1O)C(O)/C=C/CCCCCCCCCCCCCCCCCCCCCCCCCCCC. The molecular weight excluding hydrogens is 1120 g/mol. The quantitative estimate of drug-likeness (QED) is 0.0204. The summed E-state index contributed by atoms with van der Waals surface area (Å²) in [5, 5.41) is 87.6. The monoisotopic (exact) mass is 1260 g/mol. The topological polar surface area (TPSA) is 228 Å². The molecule has 0 aromatic heterocycles. The van der Waals surface area contributed by atoms with Gasteiger partial charge >= 0.3 is 0 Å². The maximum absolute atomic E-state index is 13.4. The van der Waals surface area contributed by atoms with Crippen LogP contribution in [0.1, 0.15) is 316 Å². The standard InChI is InChI=1S/C75H137NO13/c1-3-5-7-9-11-13-15-17-19-21-23-25-27-29-31-33-34-36-38-40-42-44-46-48-50-52-54-56-58-64(79)63(62-86-74-72(85)70(83)73(66(61-78)88-74)89-75-71(84)69(82)68(81)65(60-77)87-75)76-67(80)59-57-55-53-51-49-47-45-43-41-39-37-35-32-30-28-26-24-22-20-18-16-14-12-10-8-6-4-2/h6,8,12,14,18,20,24,26,56,58,63-66,68-75,77-79,81-85H,3-5,7,9-11,13,15-17,19,21-23,25,27-55,57,59-62H2,1-2H3,(H,76,80)/b8-6-,14-12-,20-18-,26-24-,58-56+. The van der Waals surface area contributed by atoms with E-state index in [0.29, 0.717) is 6.42 Å². The van der Waals surface area contributed by atoms with Crippen LogP contribution in [-0.2, 0) is 23.7 Å². The zero-order valence-corrected chi connectivity index (χ0v) is 56.7. The predicted molar refractivity (Wildman–Crippen MR) is 364 cm³/mol. The van der Waals surface area contributed by atoms with E-state index in [0.717, 1.165) is 64.2 Å². The smallest absolute Gasteiger partial charge is 0.220 e. The fourth-order valence-electron chi connectivity index (χ4n) is 12.1. The first-order valence-corrected chi connectivity index (χ1v) is 37.0. The molecule has 89 heavy (non-hydrogen) atoms. The number of aliphatic hydroxyl groups is 8. The molecule has 0 aromatic carbocycles. The number of carbonyl (C=O) groups is 1. The number of allylic oxidation sites excluding steroid dienone is 9. The van der Waals surface area contributed by atoms with Crippen molar-refractivity contribution in [2.75, 3.05) is 19.8 Å². The van der Waals surface area contributed by atoms with E-state index >= 15 is 0 Å². The zero-order valence-electron chi connectivity index (χ0n) is 56.7. The van der Waals surface area contributed by atoms with Crippen LogP contribution in [0, 0.1) is 0 Å². The second-order valence-electron chi connectivity index (χ2n) is 26.0. The molecule has 14 nitrogen and oxygen atoms in total. The molecule has 12 unspecified atom stereocenters. The normalized spacial score (nSPS) is 23.3. The summed E-state index contributed by atoms with van der Waals surface area (Å²) in [6.07, 6.45) is 62.8. The fourth-order valence-corrected chi connectivity index (χ4v) is 12.1. The summed E-state index contributed by atoms with van der Waals surface area (Å²) < 4.78 is 22.9. The van der Waals surface area contributed by atoms with Crippen molar-refractivity contribution in [2.24, 2.45) is 0 Å². The minimum Gasteiger partial charge on any atom is -0.394 e. The van der Waals surface area contributed by atoms with Gasteiger partial charge < -0.3 is 65.1 Å². The summed E-state index contributed by atoms with van der Waals surface area (Å²) in [6, 6.07) is -0.919. The Morgan fingerprint density at radius 2 is 0.775 bits per heavy atom. The Kier molecular flexibility index (Phi) is 55.3. The Morgan fingerprint density at radius 1 is 0.416 bits per heavy atom. The highest BCUT2D eigenvalue weighted by atomic mass is 16.7. The number of unbranched alkanes of at least 4 members (excludes halogenated alkanes) is 40. The number of hydrogen-bond acceptors (Lipinski definition) is 13. The van der Waals surface area contributed by atoms with Crippen molar-refractivity contribution in [2.45, 2.75) is 389 Å². The van der Waals surface area contributed by atoms with Crippen molar-refractivity contribution >= 4 is 5.91 Å². The van der Waals surface area contributed by atoms with Crippen LogP contribution < -0.4 is 5.32 Å². The summed E-state index contributed by atoms with van der Waals surface area (Å²) >= 11 is 0. The highest BCUT2D eigenvalue weighted by Gasteiger charge is 2.51. The Labute approximate surface area is 543 Å². The van der Waals surface area contributed by atoms with Crippen LogP contribution in [0.15, 0.2) is 60.8 Å². The van der Waals surface area contributed by atoms with Crippen molar-refractivity contribution in [3.8, 4) is 0 Å². The third-order valence-electron chi connectivity index (χ3n) is 18.0. The van der Waals surface area contributed by atoms with Crippen LogP contribution in [0.5, 0.6) is 0 Å². The van der Waals surface area contributed by atoms with Crippen molar-refractivity contribution in [1.82, 2.24) is 5.32 Å². The average Bonchev–Trinajstić information content (AvgIpc) is 2.75. The van der Waals surface area contributed by atoms with E-state index in [1.807, 2.05) is 6.08 Å². The molecule has 0 saturated carbocycles. The highest BCUT2D eigenvalue weighted by Crippen LogP contribution is 2.30. The van der Waals surface area contributed by atoms with Crippen molar-refractivity contribution in [1.29, 1.82) is 0 Å². The lowest BCUT2D eigenvalue weighted by Gasteiger charge is -2.46. The molecule has 2 heterocycles. The molecule has 2 aliphatic heterocycles. The Morgan fingerprint density at radius 3 is 1.19 bits per heavy atom. The van der Waals surface area contributed by atoms with Gasteiger partial charge in [-0.2, -0.15) is 0 Å². The van der Waals surface area contributed by atoms with Crippen molar-refractivity contribution in [3.63, 3.8) is 0 Å². The molecule has 1 amide bonds. The number of hydrogen-bond donors (Lipinski definition) is 9. The van der Waals surface area contributed by atoms with Gasteiger partial charge in [-0.3, -0.25) is 4.79 Å². The number of carbonyl (C=O) groups excluding carboxylic acids is 1. The van der Waals surface area contributed by atoms with E-state index < -0.39 is 86.8 Å². The first-order chi connectivity index (χ1) is 43.6. The molecule has 12 atom stereocenters. The maximum Gasteiger partial charge on any atom is 0.220 e. The Balaban J connectivity index is 1.66. The zero-order chi connectivity index (χ0) is 64.5. The molecule has 0 aromatic rings. The van der Waals surface area contributed by atoms with E-state index in [9.17, 15) is 45.6 Å². The maximum atomic E-state index is 13.4. The number of nitrogens with one attached hydrogen (secondary N) is 1. The average molecular weight is 1260 g/mol.